The molecule has 0 aromatic carbocycles. The molecule has 0 heterocycles. The lowest BCUT2D eigenvalue weighted by Crippen LogP contribution is -2.45. The number of unbranched alkanes of at least 4 members (excludes halogenated alkanes) is 25. The third-order valence-electron chi connectivity index (χ3n) is 11.3. The number of nitrogens with one attached hydrogen (secondary N) is 1. The molecular formula is C57H99NO3. The van der Waals surface area contributed by atoms with Crippen LogP contribution in [0.1, 0.15) is 239 Å². The molecule has 0 spiro atoms. The number of hydrogen-bond acceptors (Lipinski definition) is 3. The van der Waals surface area contributed by atoms with Crippen LogP contribution < -0.4 is 5.32 Å². The van der Waals surface area contributed by atoms with E-state index in [1.165, 1.54) is 128 Å². The summed E-state index contributed by atoms with van der Waals surface area (Å²) in [6, 6.07) is -0.661. The van der Waals surface area contributed by atoms with E-state index in [2.05, 4.69) is 104 Å². The highest BCUT2D eigenvalue weighted by Gasteiger charge is 2.17. The van der Waals surface area contributed by atoms with Crippen molar-refractivity contribution in [2.24, 2.45) is 0 Å². The molecule has 0 saturated carbocycles. The zero-order valence-corrected chi connectivity index (χ0v) is 40.2. The molecule has 4 nitrogen and oxygen atoms in total. The minimum Gasteiger partial charge on any atom is -0.394 e. The highest BCUT2D eigenvalue weighted by Crippen LogP contribution is 2.15. The van der Waals surface area contributed by atoms with Gasteiger partial charge in [-0.15, -0.1) is 0 Å². The normalized spacial score (nSPS) is 13.7. The summed E-state index contributed by atoms with van der Waals surface area (Å²) in [5, 5.41) is 23.1. The molecule has 4 heteroatoms. The Bertz CT molecular complexity index is 1140. The van der Waals surface area contributed by atoms with Crippen molar-refractivity contribution >= 4 is 5.91 Å². The molecule has 0 aliphatic heterocycles. The Hall–Kier alpha value is -2.69. The molecule has 0 aromatic heterocycles. The minimum absolute atomic E-state index is 0.101. The lowest BCUT2D eigenvalue weighted by Gasteiger charge is -2.19. The smallest absolute Gasteiger partial charge is 0.220 e. The molecule has 0 bridgehead atoms. The summed E-state index contributed by atoms with van der Waals surface area (Å²) in [6.45, 7) is 4.18. The summed E-state index contributed by atoms with van der Waals surface area (Å²) < 4.78 is 0. The Labute approximate surface area is 379 Å². The summed E-state index contributed by atoms with van der Waals surface area (Å²) in [7, 11) is 0. The van der Waals surface area contributed by atoms with Crippen LogP contribution in [0, 0.1) is 0 Å². The van der Waals surface area contributed by atoms with Crippen LogP contribution in [-0.4, -0.2) is 34.9 Å². The average Bonchev–Trinajstić information content (AvgIpc) is 3.26. The Morgan fingerprint density at radius 3 is 1.15 bits per heavy atom. The zero-order valence-electron chi connectivity index (χ0n) is 40.2. The quantitative estimate of drug-likeness (QED) is 0.0422. The average molecular weight is 846 g/mol. The largest absolute Gasteiger partial charge is 0.394 e. The van der Waals surface area contributed by atoms with Gasteiger partial charge in [-0.3, -0.25) is 4.79 Å². The highest BCUT2D eigenvalue weighted by molar-refractivity contribution is 5.76. The summed E-state index contributed by atoms with van der Waals surface area (Å²) in [5.41, 5.74) is 0. The predicted molar refractivity (Wildman–Crippen MR) is 271 cm³/mol. The SMILES string of the molecule is CC/C=C\C/C=C\C/C=C\C/C=C\C/C=C\C/C=C\CCCCCCC(=O)NC(CO)C(O)/C=C/CC/C=C/CCCCCCCCCCCCCCCCCCCCCC. The van der Waals surface area contributed by atoms with Crippen molar-refractivity contribution in [3.05, 3.63) is 97.2 Å². The second-order valence-corrected chi connectivity index (χ2v) is 17.2. The van der Waals surface area contributed by atoms with Gasteiger partial charge in [0.05, 0.1) is 18.8 Å². The molecule has 1 amide bonds. The van der Waals surface area contributed by atoms with Crippen LogP contribution in [-0.2, 0) is 4.79 Å². The fourth-order valence-electron chi connectivity index (χ4n) is 7.37. The maximum Gasteiger partial charge on any atom is 0.220 e. The van der Waals surface area contributed by atoms with Crippen molar-refractivity contribution in [3.8, 4) is 0 Å². The van der Waals surface area contributed by atoms with E-state index >= 15 is 0 Å². The molecule has 0 fully saturated rings. The molecule has 2 atom stereocenters. The Morgan fingerprint density at radius 2 is 0.738 bits per heavy atom. The summed E-state index contributed by atoms with van der Waals surface area (Å²) in [5.74, 6) is -0.101. The van der Waals surface area contributed by atoms with E-state index in [0.29, 0.717) is 6.42 Å². The number of allylic oxidation sites excluding steroid dienone is 15. The van der Waals surface area contributed by atoms with Crippen molar-refractivity contribution in [1.82, 2.24) is 5.32 Å². The summed E-state index contributed by atoms with van der Waals surface area (Å²) in [4.78, 5) is 12.4. The van der Waals surface area contributed by atoms with E-state index in [0.717, 1.165) is 89.9 Å². The van der Waals surface area contributed by atoms with Gasteiger partial charge in [-0.05, 0) is 83.5 Å². The second-order valence-electron chi connectivity index (χ2n) is 17.2. The number of carbonyl (C=O) groups is 1. The van der Waals surface area contributed by atoms with Crippen LogP contribution in [0.2, 0.25) is 0 Å². The van der Waals surface area contributed by atoms with Gasteiger partial charge >= 0.3 is 0 Å². The lowest BCUT2D eigenvalue weighted by molar-refractivity contribution is -0.123. The van der Waals surface area contributed by atoms with Gasteiger partial charge in [0.1, 0.15) is 0 Å². The van der Waals surface area contributed by atoms with E-state index in [1.54, 1.807) is 6.08 Å². The van der Waals surface area contributed by atoms with Crippen LogP contribution in [0.15, 0.2) is 97.2 Å². The molecule has 3 N–H and O–H groups in total. The van der Waals surface area contributed by atoms with Crippen LogP contribution in [0.5, 0.6) is 0 Å². The maximum absolute atomic E-state index is 12.4. The van der Waals surface area contributed by atoms with Gasteiger partial charge in [-0.1, -0.05) is 246 Å². The van der Waals surface area contributed by atoms with E-state index in [-0.39, 0.29) is 12.5 Å². The lowest BCUT2D eigenvalue weighted by atomic mass is 10.0. The number of rotatable bonds is 46. The van der Waals surface area contributed by atoms with Crippen LogP contribution in [0.4, 0.5) is 0 Å². The molecular weight excluding hydrogens is 747 g/mol. The predicted octanol–water partition coefficient (Wildman–Crippen LogP) is 17.0. The van der Waals surface area contributed by atoms with Gasteiger partial charge in [0.25, 0.3) is 0 Å². The van der Waals surface area contributed by atoms with E-state index in [9.17, 15) is 15.0 Å². The molecule has 0 radical (unpaired) electrons. The number of aliphatic hydroxyl groups excluding tert-OH is 2. The van der Waals surface area contributed by atoms with Crippen LogP contribution in [0.25, 0.3) is 0 Å². The zero-order chi connectivity index (χ0) is 44.2. The topological polar surface area (TPSA) is 69.6 Å². The first kappa shape index (κ1) is 58.3. The molecule has 2 unspecified atom stereocenters. The molecule has 0 aliphatic rings. The molecule has 0 aromatic rings. The van der Waals surface area contributed by atoms with Crippen molar-refractivity contribution in [2.75, 3.05) is 6.61 Å². The number of carbonyl (C=O) groups excluding carboxylic acids is 1. The van der Waals surface area contributed by atoms with Gasteiger partial charge in [0.2, 0.25) is 5.91 Å². The van der Waals surface area contributed by atoms with Gasteiger partial charge in [0.15, 0.2) is 0 Å². The molecule has 0 saturated heterocycles. The van der Waals surface area contributed by atoms with Gasteiger partial charge < -0.3 is 15.5 Å². The Balaban J connectivity index is 3.65. The molecule has 0 aliphatic carbocycles. The van der Waals surface area contributed by atoms with Crippen molar-refractivity contribution < 1.29 is 15.0 Å². The number of hydrogen-bond donors (Lipinski definition) is 3. The molecule has 350 valence electrons. The third-order valence-corrected chi connectivity index (χ3v) is 11.3. The van der Waals surface area contributed by atoms with Crippen LogP contribution in [0.3, 0.4) is 0 Å². The summed E-state index contributed by atoms with van der Waals surface area (Å²) >= 11 is 0. The first-order valence-electron chi connectivity index (χ1n) is 26.0. The van der Waals surface area contributed by atoms with Gasteiger partial charge in [-0.25, -0.2) is 0 Å². The first-order chi connectivity index (χ1) is 30.2. The first-order valence-corrected chi connectivity index (χ1v) is 26.0. The van der Waals surface area contributed by atoms with Crippen molar-refractivity contribution in [3.63, 3.8) is 0 Å². The second kappa shape index (κ2) is 51.7. The van der Waals surface area contributed by atoms with E-state index < -0.39 is 12.1 Å². The van der Waals surface area contributed by atoms with Gasteiger partial charge in [-0.2, -0.15) is 0 Å². The van der Waals surface area contributed by atoms with Crippen LogP contribution >= 0.6 is 0 Å². The number of aliphatic hydroxyl groups is 2. The fourth-order valence-corrected chi connectivity index (χ4v) is 7.37. The Morgan fingerprint density at radius 1 is 0.410 bits per heavy atom. The van der Waals surface area contributed by atoms with Crippen molar-refractivity contribution in [2.45, 2.75) is 251 Å². The third kappa shape index (κ3) is 48.2. The fraction of sp³-hybridized carbons (Fsp3) is 0.702. The maximum atomic E-state index is 12.4. The molecule has 0 rings (SSSR count). The van der Waals surface area contributed by atoms with E-state index in [4.69, 9.17) is 0 Å². The van der Waals surface area contributed by atoms with Gasteiger partial charge in [0, 0.05) is 6.42 Å². The van der Waals surface area contributed by atoms with E-state index in [1.807, 2.05) is 6.08 Å². The highest BCUT2D eigenvalue weighted by atomic mass is 16.3. The Kier molecular flexibility index (Phi) is 49.4. The summed E-state index contributed by atoms with van der Waals surface area (Å²) in [6.07, 6.45) is 76.9. The van der Waals surface area contributed by atoms with Crippen molar-refractivity contribution in [1.29, 1.82) is 0 Å². The standard InChI is InChI=1S/C57H99NO3/c1-3-5-7-9-11-13-15-17-19-21-23-25-27-28-29-31-32-34-36-38-40-42-44-46-48-50-52-56(60)55(54-59)58-57(61)53-51-49-47-45-43-41-39-37-35-33-30-26-24-22-20-18-16-14-12-10-8-6-4-2/h6,8,12,14,18,20,24,26,33,35,39,41-42,44,50,52,55-56,59-60H,3-5,7,9-11,13,15-17,19,21-23,25,27-32,34,36-38,40,43,45-49,51,53-54H2,1-2H3,(H,58,61)/b8-6-,14-12-,20-18-,26-24-,35-33-,41-39-,44-42+,52-50+. The minimum atomic E-state index is -0.881. The monoisotopic (exact) mass is 846 g/mol. The number of amides is 1. The molecule has 61 heavy (non-hydrogen) atoms.